The van der Waals surface area contributed by atoms with Gasteiger partial charge in [-0.05, 0) is 61.6 Å². The van der Waals surface area contributed by atoms with Crippen LogP contribution in [0.2, 0.25) is 0 Å². The Morgan fingerprint density at radius 2 is 1.71 bits per heavy atom. The topological polar surface area (TPSA) is 85.4 Å². The fourth-order valence-electron chi connectivity index (χ4n) is 4.01. The molecule has 0 saturated heterocycles. The van der Waals surface area contributed by atoms with Crippen molar-refractivity contribution in [2.45, 2.75) is 39.0 Å². The first-order chi connectivity index (χ1) is 15.0. The average molecular weight is 416 g/mol. The third-order valence-corrected chi connectivity index (χ3v) is 5.49. The Morgan fingerprint density at radius 1 is 0.968 bits per heavy atom. The predicted molar refractivity (Wildman–Crippen MR) is 118 cm³/mol. The van der Waals surface area contributed by atoms with Gasteiger partial charge in [0.1, 0.15) is 0 Å². The lowest BCUT2D eigenvalue weighted by atomic mass is 9.97. The lowest BCUT2D eigenvalue weighted by molar-refractivity contribution is -0.114. The van der Waals surface area contributed by atoms with Gasteiger partial charge in [-0.3, -0.25) is 14.6 Å². The summed E-state index contributed by atoms with van der Waals surface area (Å²) >= 11 is 0. The Balaban J connectivity index is 1.55. The van der Waals surface area contributed by atoms with E-state index in [-0.39, 0.29) is 18.3 Å². The summed E-state index contributed by atoms with van der Waals surface area (Å²) in [5.74, 6) is -0.969. The molecule has 158 valence electrons. The quantitative estimate of drug-likeness (QED) is 0.376. The Kier molecular flexibility index (Phi) is 6.07. The van der Waals surface area contributed by atoms with Crippen LogP contribution in [0.25, 0.3) is 10.9 Å². The van der Waals surface area contributed by atoms with Crippen LogP contribution in [-0.4, -0.2) is 29.3 Å². The fraction of sp³-hybridized carbons (Fsp3) is 0.280. The second-order valence-corrected chi connectivity index (χ2v) is 7.75. The van der Waals surface area contributed by atoms with E-state index in [1.54, 1.807) is 24.3 Å². The lowest BCUT2D eigenvalue weighted by Gasteiger charge is -2.14. The second-order valence-electron chi connectivity index (χ2n) is 7.75. The number of nitrogens with zero attached hydrogens (tertiary/aromatic N) is 1. The van der Waals surface area contributed by atoms with Crippen molar-refractivity contribution in [3.8, 4) is 0 Å². The zero-order valence-corrected chi connectivity index (χ0v) is 17.4. The van der Waals surface area contributed by atoms with Crippen molar-refractivity contribution in [2.75, 3.05) is 11.9 Å². The summed E-state index contributed by atoms with van der Waals surface area (Å²) in [6.07, 6.45) is 4.80. The maximum Gasteiger partial charge on any atom is 0.339 e. The number of para-hydroxylation sites is 1. The molecule has 0 atom stereocenters. The number of aromatic nitrogens is 1. The number of hydrogen-bond acceptors (Lipinski definition) is 5. The largest absolute Gasteiger partial charge is 0.454 e. The lowest BCUT2D eigenvalue weighted by Crippen LogP contribution is -2.17. The van der Waals surface area contributed by atoms with Gasteiger partial charge < -0.3 is 10.1 Å². The SMILES string of the molecule is CC(=O)Nc1ccc(C(=O)COC(=O)c2c3c(nc4ccccc24)CCCCC3)cc1. The van der Waals surface area contributed by atoms with Crippen LogP contribution in [0.5, 0.6) is 0 Å². The number of ether oxygens (including phenoxy) is 1. The Bertz CT molecular complexity index is 1150. The zero-order chi connectivity index (χ0) is 21.8. The van der Waals surface area contributed by atoms with Gasteiger partial charge >= 0.3 is 5.97 Å². The van der Waals surface area contributed by atoms with Gasteiger partial charge in [0.25, 0.3) is 0 Å². The Hall–Kier alpha value is -3.54. The molecule has 0 fully saturated rings. The number of fused-ring (bicyclic) bond motifs is 2. The first-order valence-electron chi connectivity index (χ1n) is 10.5. The number of pyridine rings is 1. The van der Waals surface area contributed by atoms with Gasteiger partial charge in [-0.15, -0.1) is 0 Å². The van der Waals surface area contributed by atoms with Gasteiger partial charge in [0, 0.05) is 29.3 Å². The van der Waals surface area contributed by atoms with Gasteiger partial charge in [0.2, 0.25) is 5.91 Å². The van der Waals surface area contributed by atoms with Crippen LogP contribution in [-0.2, 0) is 22.4 Å². The van der Waals surface area contributed by atoms with Crippen molar-refractivity contribution in [2.24, 2.45) is 0 Å². The second kappa shape index (κ2) is 9.08. The molecule has 1 aromatic heterocycles. The van der Waals surface area contributed by atoms with E-state index in [9.17, 15) is 14.4 Å². The van der Waals surface area contributed by atoms with Crippen molar-refractivity contribution in [3.63, 3.8) is 0 Å². The van der Waals surface area contributed by atoms with E-state index in [2.05, 4.69) is 5.32 Å². The number of carbonyl (C=O) groups is 3. The van der Waals surface area contributed by atoms with Gasteiger partial charge in [0.15, 0.2) is 12.4 Å². The first-order valence-corrected chi connectivity index (χ1v) is 10.5. The fourth-order valence-corrected chi connectivity index (χ4v) is 4.01. The summed E-state index contributed by atoms with van der Waals surface area (Å²) < 4.78 is 5.47. The highest BCUT2D eigenvalue weighted by molar-refractivity contribution is 6.06. The molecule has 6 nitrogen and oxygen atoms in total. The molecule has 6 heteroatoms. The molecule has 1 heterocycles. The van der Waals surface area contributed by atoms with Crippen molar-refractivity contribution >= 4 is 34.3 Å². The molecule has 0 unspecified atom stereocenters. The molecule has 0 aliphatic heterocycles. The summed E-state index contributed by atoms with van der Waals surface area (Å²) in [5, 5.41) is 3.42. The van der Waals surface area contributed by atoms with E-state index in [1.165, 1.54) is 6.92 Å². The van der Waals surface area contributed by atoms with Crippen molar-refractivity contribution in [3.05, 3.63) is 70.9 Å². The minimum Gasteiger partial charge on any atom is -0.454 e. The molecule has 1 aliphatic rings. The van der Waals surface area contributed by atoms with E-state index in [0.717, 1.165) is 54.3 Å². The summed E-state index contributed by atoms with van der Waals surface area (Å²) in [7, 11) is 0. The van der Waals surface area contributed by atoms with Crippen LogP contribution < -0.4 is 5.32 Å². The zero-order valence-electron chi connectivity index (χ0n) is 17.4. The number of aryl methyl sites for hydroxylation is 1. The highest BCUT2D eigenvalue weighted by Crippen LogP contribution is 2.29. The molecule has 0 radical (unpaired) electrons. The average Bonchev–Trinajstić information content (AvgIpc) is 3.01. The van der Waals surface area contributed by atoms with Crippen LogP contribution in [0.1, 0.15) is 58.2 Å². The number of nitrogens with one attached hydrogen (secondary N) is 1. The number of anilines is 1. The third-order valence-electron chi connectivity index (χ3n) is 5.49. The molecule has 3 aromatic rings. The third kappa shape index (κ3) is 4.63. The van der Waals surface area contributed by atoms with E-state index >= 15 is 0 Å². The number of carbonyl (C=O) groups excluding carboxylic acids is 3. The summed E-state index contributed by atoms with van der Waals surface area (Å²) in [6, 6.07) is 14.1. The number of benzene rings is 2. The number of ketones is 1. The van der Waals surface area contributed by atoms with E-state index in [1.807, 2.05) is 24.3 Å². The molecule has 0 spiro atoms. The molecule has 1 amide bonds. The number of hydrogen-bond donors (Lipinski definition) is 1. The monoisotopic (exact) mass is 416 g/mol. The van der Waals surface area contributed by atoms with Crippen LogP contribution in [0, 0.1) is 0 Å². The Morgan fingerprint density at radius 3 is 2.48 bits per heavy atom. The van der Waals surface area contributed by atoms with Gasteiger partial charge in [-0.2, -0.15) is 0 Å². The molecule has 4 rings (SSSR count). The molecule has 31 heavy (non-hydrogen) atoms. The molecular weight excluding hydrogens is 392 g/mol. The van der Waals surface area contributed by atoms with Crippen LogP contribution in [0.15, 0.2) is 48.5 Å². The highest BCUT2D eigenvalue weighted by Gasteiger charge is 2.23. The first kappa shape index (κ1) is 20.7. The molecular formula is C25H24N2O4. The minimum atomic E-state index is -0.486. The van der Waals surface area contributed by atoms with Gasteiger partial charge in [0.05, 0.1) is 11.1 Å². The van der Waals surface area contributed by atoms with Crippen molar-refractivity contribution in [1.82, 2.24) is 4.98 Å². The number of esters is 1. The highest BCUT2D eigenvalue weighted by atomic mass is 16.5. The standard InChI is InChI=1S/C25H24N2O4/c1-16(28)26-18-13-11-17(12-14-18)23(29)15-31-25(30)24-19-7-3-2-4-9-21(19)27-22-10-6-5-8-20(22)24/h5-6,8,10-14H,2-4,7,9,15H2,1H3,(H,26,28). The molecule has 0 saturated carbocycles. The Labute approximate surface area is 180 Å². The molecule has 0 bridgehead atoms. The maximum absolute atomic E-state index is 13.1. The summed E-state index contributed by atoms with van der Waals surface area (Å²) in [5.41, 5.74) is 4.25. The van der Waals surface area contributed by atoms with E-state index < -0.39 is 5.97 Å². The summed E-state index contributed by atoms with van der Waals surface area (Å²) in [6.45, 7) is 1.08. The predicted octanol–water partition coefficient (Wildman–Crippen LogP) is 4.50. The van der Waals surface area contributed by atoms with Crippen LogP contribution >= 0.6 is 0 Å². The van der Waals surface area contributed by atoms with Crippen molar-refractivity contribution in [1.29, 1.82) is 0 Å². The number of rotatable bonds is 5. The molecule has 2 aromatic carbocycles. The van der Waals surface area contributed by atoms with E-state index in [4.69, 9.17) is 9.72 Å². The molecule has 1 aliphatic carbocycles. The van der Waals surface area contributed by atoms with Crippen molar-refractivity contribution < 1.29 is 19.1 Å². The van der Waals surface area contributed by atoms with Crippen LogP contribution in [0.3, 0.4) is 0 Å². The van der Waals surface area contributed by atoms with Gasteiger partial charge in [-0.1, -0.05) is 24.6 Å². The summed E-state index contributed by atoms with van der Waals surface area (Å²) in [4.78, 5) is 41.6. The number of Topliss-reactive ketones (excluding diaryl/α,β-unsaturated/α-hetero) is 1. The number of amides is 1. The normalized spacial score (nSPS) is 13.2. The van der Waals surface area contributed by atoms with Crippen LogP contribution in [0.4, 0.5) is 5.69 Å². The minimum absolute atomic E-state index is 0.184. The smallest absolute Gasteiger partial charge is 0.339 e. The van der Waals surface area contributed by atoms with E-state index in [0.29, 0.717) is 16.8 Å². The maximum atomic E-state index is 13.1. The molecule has 1 N–H and O–H groups in total. The van der Waals surface area contributed by atoms with Gasteiger partial charge in [-0.25, -0.2) is 4.79 Å².